The molecule has 0 bridgehead atoms. The molecule has 0 aliphatic carbocycles. The molecule has 0 aliphatic rings. The fraction of sp³-hybridized carbons (Fsp3) is 0.0476. The van der Waals surface area contributed by atoms with Crippen molar-refractivity contribution in [3.63, 3.8) is 0 Å². The van der Waals surface area contributed by atoms with Gasteiger partial charge in [-0.05, 0) is 0 Å². The molecule has 3 nitrogen and oxygen atoms in total. The Bertz CT molecular complexity index is 816. The monoisotopic (exact) mass is 346 g/mol. The van der Waals surface area contributed by atoms with Crippen molar-refractivity contribution in [1.29, 1.82) is 0 Å². The minimum atomic E-state index is -2.33. The molecule has 0 saturated carbocycles. The molecule has 3 aromatic rings. The van der Waals surface area contributed by atoms with Crippen molar-refractivity contribution in [3.05, 3.63) is 91.0 Å². The lowest BCUT2D eigenvalue weighted by Gasteiger charge is -2.25. The highest BCUT2D eigenvalue weighted by Gasteiger charge is 2.27. The van der Waals surface area contributed by atoms with Crippen molar-refractivity contribution in [3.8, 4) is 0 Å². The van der Waals surface area contributed by atoms with Gasteiger partial charge in [-0.3, -0.25) is 4.79 Å². The van der Waals surface area contributed by atoms with Gasteiger partial charge < -0.3 is 0 Å². The molecular formula is C21H19N2OP. The largest absolute Gasteiger partial charge is 0.293 e. The van der Waals surface area contributed by atoms with E-state index in [1.165, 1.54) is 13.1 Å². The average Bonchev–Trinajstić information content (AvgIpc) is 2.67. The Hall–Kier alpha value is -2.77. The van der Waals surface area contributed by atoms with E-state index in [0.29, 0.717) is 0 Å². The normalized spacial score (nSPS) is 11.4. The van der Waals surface area contributed by atoms with E-state index in [-0.39, 0.29) is 5.78 Å². The van der Waals surface area contributed by atoms with Gasteiger partial charge in [0, 0.05) is 22.8 Å². The first-order valence-corrected chi connectivity index (χ1v) is 9.80. The summed E-state index contributed by atoms with van der Waals surface area (Å²) in [5, 5.41) is 7.49. The minimum absolute atomic E-state index is 0.115. The minimum Gasteiger partial charge on any atom is -0.293 e. The van der Waals surface area contributed by atoms with Crippen LogP contribution in [0.25, 0.3) is 0 Å². The van der Waals surface area contributed by atoms with Gasteiger partial charge in [0.25, 0.3) is 0 Å². The topological polar surface area (TPSA) is 41.8 Å². The van der Waals surface area contributed by atoms with Crippen LogP contribution in [-0.2, 0) is 4.79 Å². The van der Waals surface area contributed by atoms with E-state index in [1.54, 1.807) is 0 Å². The maximum atomic E-state index is 11.3. The molecule has 3 aromatic carbocycles. The summed E-state index contributed by atoms with van der Waals surface area (Å²) in [6.45, 7) is 1.48. The molecule has 0 fully saturated rings. The van der Waals surface area contributed by atoms with Crippen molar-refractivity contribution in [2.24, 2.45) is 9.96 Å². The number of ketones is 1. The number of rotatable bonds is 5. The summed E-state index contributed by atoms with van der Waals surface area (Å²) in [6.07, 6.45) is 1.28. The first-order chi connectivity index (χ1) is 12.2. The number of nitrogens with zero attached hydrogens (tertiary/aromatic N) is 2. The summed E-state index contributed by atoms with van der Waals surface area (Å²) in [5.41, 5.74) is 0. The molecule has 0 unspecified atom stereocenters. The van der Waals surface area contributed by atoms with Crippen LogP contribution in [0.1, 0.15) is 6.92 Å². The van der Waals surface area contributed by atoms with Crippen LogP contribution in [0.4, 0.5) is 0 Å². The Balaban J connectivity index is 2.38. The SMILES string of the molecule is CC(=O)C=NN=P(c1ccccc1)(c1ccccc1)c1ccccc1. The fourth-order valence-corrected chi connectivity index (χ4v) is 5.94. The second-order valence-electron chi connectivity index (χ2n) is 5.59. The molecule has 0 N–H and O–H groups in total. The van der Waals surface area contributed by atoms with Crippen molar-refractivity contribution in [1.82, 2.24) is 0 Å². The zero-order valence-corrected chi connectivity index (χ0v) is 14.9. The molecule has 0 aromatic heterocycles. The molecule has 0 radical (unpaired) electrons. The zero-order valence-electron chi connectivity index (χ0n) is 14.0. The highest BCUT2D eigenvalue weighted by molar-refractivity contribution is 7.87. The Morgan fingerprint density at radius 2 is 1.08 bits per heavy atom. The van der Waals surface area contributed by atoms with Crippen LogP contribution in [0.3, 0.4) is 0 Å². The van der Waals surface area contributed by atoms with Crippen molar-refractivity contribution < 1.29 is 4.79 Å². The molecule has 0 atom stereocenters. The Labute approximate surface area is 148 Å². The number of Topliss-reactive ketones (excluding diaryl/α,β-unsaturated/α-hetero) is 1. The van der Waals surface area contributed by atoms with Gasteiger partial charge in [0.2, 0.25) is 0 Å². The Morgan fingerprint density at radius 3 is 1.40 bits per heavy atom. The van der Waals surface area contributed by atoms with Gasteiger partial charge >= 0.3 is 0 Å². The summed E-state index contributed by atoms with van der Waals surface area (Å²) in [4.78, 5) is 16.1. The van der Waals surface area contributed by atoms with E-state index in [2.05, 4.69) is 41.5 Å². The molecular weight excluding hydrogens is 327 g/mol. The van der Waals surface area contributed by atoms with Gasteiger partial charge in [-0.1, -0.05) is 91.0 Å². The summed E-state index contributed by atoms with van der Waals surface area (Å²) in [6, 6.07) is 30.6. The van der Waals surface area contributed by atoms with Crippen LogP contribution in [0, 0.1) is 0 Å². The highest BCUT2D eigenvalue weighted by Crippen LogP contribution is 2.46. The van der Waals surface area contributed by atoms with Crippen LogP contribution in [0.5, 0.6) is 0 Å². The zero-order chi connectivity index (χ0) is 17.5. The van der Waals surface area contributed by atoms with E-state index in [0.717, 1.165) is 15.9 Å². The Morgan fingerprint density at radius 1 is 0.720 bits per heavy atom. The molecule has 0 aliphatic heterocycles. The average molecular weight is 346 g/mol. The van der Waals surface area contributed by atoms with Crippen LogP contribution in [-0.4, -0.2) is 12.0 Å². The standard InChI is InChI=1S/C21H19N2OP/c1-18(24)17-22-23-25(19-11-5-2-6-12-19,20-13-7-3-8-14-20)21-15-9-4-10-16-21/h2-17H,1H3. The van der Waals surface area contributed by atoms with E-state index in [9.17, 15) is 4.79 Å². The fourth-order valence-electron chi connectivity index (χ4n) is 2.72. The maximum absolute atomic E-state index is 11.3. The second kappa shape index (κ2) is 7.87. The van der Waals surface area contributed by atoms with Gasteiger partial charge in [-0.25, -0.2) is 0 Å². The predicted octanol–water partition coefficient (Wildman–Crippen LogP) is 3.74. The lowest BCUT2D eigenvalue weighted by atomic mass is 10.4. The molecule has 25 heavy (non-hydrogen) atoms. The second-order valence-corrected chi connectivity index (χ2v) is 8.59. The third kappa shape index (κ3) is 3.67. The van der Waals surface area contributed by atoms with Gasteiger partial charge in [0.15, 0.2) is 5.78 Å². The molecule has 0 amide bonds. The van der Waals surface area contributed by atoms with Crippen LogP contribution in [0.2, 0.25) is 0 Å². The third-order valence-electron chi connectivity index (χ3n) is 3.81. The van der Waals surface area contributed by atoms with Gasteiger partial charge in [0.05, 0.1) is 13.3 Å². The van der Waals surface area contributed by atoms with Crippen LogP contribution >= 0.6 is 7.05 Å². The highest BCUT2D eigenvalue weighted by atomic mass is 31.2. The lowest BCUT2D eigenvalue weighted by Crippen LogP contribution is -2.25. The maximum Gasteiger partial charge on any atom is 0.172 e. The van der Waals surface area contributed by atoms with Crippen molar-refractivity contribution in [2.45, 2.75) is 6.92 Å². The molecule has 3 rings (SSSR count). The number of hydrogen-bond donors (Lipinski definition) is 0. The summed E-state index contributed by atoms with van der Waals surface area (Å²) in [7, 11) is -2.33. The summed E-state index contributed by atoms with van der Waals surface area (Å²) >= 11 is 0. The Kier molecular flexibility index (Phi) is 5.37. The first kappa shape index (κ1) is 17.1. The van der Waals surface area contributed by atoms with Crippen molar-refractivity contribution >= 4 is 35.0 Å². The molecule has 124 valence electrons. The van der Waals surface area contributed by atoms with E-state index >= 15 is 0 Å². The number of carbonyl (C=O) groups is 1. The predicted molar refractivity (Wildman–Crippen MR) is 107 cm³/mol. The lowest BCUT2D eigenvalue weighted by molar-refractivity contribution is -0.110. The van der Waals surface area contributed by atoms with Crippen LogP contribution in [0.15, 0.2) is 101 Å². The smallest absolute Gasteiger partial charge is 0.172 e. The van der Waals surface area contributed by atoms with Crippen LogP contribution < -0.4 is 15.9 Å². The van der Waals surface area contributed by atoms with Gasteiger partial charge in [-0.2, -0.15) is 9.96 Å². The van der Waals surface area contributed by atoms with Crippen molar-refractivity contribution in [2.75, 3.05) is 0 Å². The van der Waals surface area contributed by atoms with E-state index in [1.807, 2.05) is 54.6 Å². The number of hydrogen-bond acceptors (Lipinski definition) is 2. The molecule has 0 saturated heterocycles. The third-order valence-corrected chi connectivity index (χ3v) is 7.32. The van der Waals surface area contributed by atoms with E-state index in [4.69, 9.17) is 4.85 Å². The number of carbonyl (C=O) groups excluding carboxylic acids is 1. The molecule has 0 spiro atoms. The quantitative estimate of drug-likeness (QED) is 0.394. The van der Waals surface area contributed by atoms with E-state index < -0.39 is 7.05 Å². The summed E-state index contributed by atoms with van der Waals surface area (Å²) in [5.74, 6) is -0.115. The van der Waals surface area contributed by atoms with Gasteiger partial charge in [0.1, 0.15) is 0 Å². The van der Waals surface area contributed by atoms with Gasteiger partial charge in [-0.15, -0.1) is 0 Å². The molecule has 0 heterocycles. The first-order valence-electron chi connectivity index (χ1n) is 8.05. The molecule has 4 heteroatoms. The number of benzene rings is 3. The summed E-state index contributed by atoms with van der Waals surface area (Å²) < 4.78 is 0.